The Bertz CT molecular complexity index is 1290. The molecule has 37 heavy (non-hydrogen) atoms. The average molecular weight is 574 g/mol. The molecule has 4 aromatic carbocycles. The Morgan fingerprint density at radius 1 is 0.811 bits per heavy atom. The monoisotopic (exact) mass is 572 g/mol. The van der Waals surface area contributed by atoms with Crippen molar-refractivity contribution in [2.45, 2.75) is 39.1 Å². The quantitative estimate of drug-likeness (QED) is 0.236. The van der Waals surface area contributed by atoms with Crippen LogP contribution in [-0.2, 0) is 25.9 Å². The molecule has 4 aromatic rings. The normalized spacial score (nSPS) is 14.4. The molecule has 1 aliphatic rings. The van der Waals surface area contributed by atoms with Gasteiger partial charge in [0.1, 0.15) is 0 Å². The van der Waals surface area contributed by atoms with Crippen LogP contribution in [0.4, 0.5) is 0 Å². The van der Waals surface area contributed by atoms with Gasteiger partial charge in [-0.05, 0) is 56.2 Å². The summed E-state index contributed by atoms with van der Waals surface area (Å²) in [6.07, 6.45) is -0.322. The Kier molecular flexibility index (Phi) is 8.08. The molecule has 190 valence electrons. The third kappa shape index (κ3) is 6.31. The van der Waals surface area contributed by atoms with Gasteiger partial charge in [-0.15, -0.1) is 0 Å². The van der Waals surface area contributed by atoms with Crippen LogP contribution in [0.15, 0.2) is 102 Å². The van der Waals surface area contributed by atoms with Crippen molar-refractivity contribution in [2.24, 2.45) is 0 Å². The zero-order valence-corrected chi connectivity index (χ0v) is 24.4. The molecule has 0 unspecified atom stereocenters. The lowest BCUT2D eigenvalue weighted by Crippen LogP contribution is -2.44. The van der Waals surface area contributed by atoms with E-state index >= 15 is 0 Å². The molecule has 1 aliphatic heterocycles. The number of benzene rings is 4. The van der Waals surface area contributed by atoms with Crippen molar-refractivity contribution in [1.29, 1.82) is 0 Å². The SMILES string of the molecule is CC(C)(C)c1ccc(-c2cc(Br)cc(C3OCCO3)c2)c(CO[SiH](c2ccccc2)c2ccccc2)c1. The average Bonchev–Trinajstić information content (AvgIpc) is 3.44. The lowest BCUT2D eigenvalue weighted by Gasteiger charge is -2.23. The van der Waals surface area contributed by atoms with Crippen LogP contribution in [0.25, 0.3) is 11.1 Å². The first kappa shape index (κ1) is 26.1. The van der Waals surface area contributed by atoms with E-state index in [1.807, 2.05) is 0 Å². The number of ether oxygens (including phenoxy) is 2. The minimum Gasteiger partial charge on any atom is -0.407 e. The zero-order chi connectivity index (χ0) is 25.8. The summed E-state index contributed by atoms with van der Waals surface area (Å²) in [7, 11) is -1.88. The van der Waals surface area contributed by atoms with E-state index in [0.29, 0.717) is 19.8 Å². The highest BCUT2D eigenvalue weighted by Gasteiger charge is 2.23. The van der Waals surface area contributed by atoms with Crippen molar-refractivity contribution in [2.75, 3.05) is 13.2 Å². The third-order valence-corrected chi connectivity index (χ3v) is 9.65. The van der Waals surface area contributed by atoms with Crippen LogP contribution in [0, 0.1) is 0 Å². The van der Waals surface area contributed by atoms with E-state index in [1.54, 1.807) is 0 Å². The van der Waals surface area contributed by atoms with E-state index in [9.17, 15) is 0 Å². The van der Waals surface area contributed by atoms with Gasteiger partial charge in [0.05, 0.1) is 19.8 Å². The van der Waals surface area contributed by atoms with Gasteiger partial charge in [0.15, 0.2) is 6.29 Å². The number of rotatable bonds is 7. The van der Waals surface area contributed by atoms with Crippen LogP contribution < -0.4 is 10.4 Å². The molecule has 0 N–H and O–H groups in total. The summed E-state index contributed by atoms with van der Waals surface area (Å²) in [6.45, 7) is 8.55. The summed E-state index contributed by atoms with van der Waals surface area (Å²) < 4.78 is 19.5. The van der Waals surface area contributed by atoms with E-state index < -0.39 is 9.04 Å². The molecule has 3 nitrogen and oxygen atoms in total. The lowest BCUT2D eigenvalue weighted by molar-refractivity contribution is -0.0441. The smallest absolute Gasteiger partial charge is 0.240 e. The summed E-state index contributed by atoms with van der Waals surface area (Å²) >= 11 is 3.72. The van der Waals surface area contributed by atoms with Crippen molar-refractivity contribution < 1.29 is 13.9 Å². The summed E-state index contributed by atoms with van der Waals surface area (Å²) in [4.78, 5) is 0. The van der Waals surface area contributed by atoms with Crippen molar-refractivity contribution >= 4 is 35.3 Å². The number of hydrogen-bond acceptors (Lipinski definition) is 3. The Morgan fingerprint density at radius 2 is 1.43 bits per heavy atom. The minimum atomic E-state index is -1.88. The van der Waals surface area contributed by atoms with E-state index in [4.69, 9.17) is 13.9 Å². The fourth-order valence-corrected chi connectivity index (χ4v) is 7.50. The van der Waals surface area contributed by atoms with Gasteiger partial charge in [0.2, 0.25) is 9.04 Å². The summed E-state index contributed by atoms with van der Waals surface area (Å²) in [5, 5.41) is 2.56. The highest BCUT2D eigenvalue weighted by molar-refractivity contribution is 9.10. The first-order valence-corrected chi connectivity index (χ1v) is 15.2. The predicted molar refractivity (Wildman–Crippen MR) is 157 cm³/mol. The predicted octanol–water partition coefficient (Wildman–Crippen LogP) is 6.51. The minimum absolute atomic E-state index is 0.0386. The van der Waals surface area contributed by atoms with Gasteiger partial charge in [-0.2, -0.15) is 0 Å². The van der Waals surface area contributed by atoms with Crippen LogP contribution >= 0.6 is 15.9 Å². The van der Waals surface area contributed by atoms with Gasteiger partial charge in [-0.25, -0.2) is 0 Å². The maximum absolute atomic E-state index is 6.87. The highest BCUT2D eigenvalue weighted by atomic mass is 79.9. The second-order valence-corrected chi connectivity index (χ2v) is 13.8. The van der Waals surface area contributed by atoms with Crippen LogP contribution in [0.2, 0.25) is 0 Å². The molecule has 0 aliphatic carbocycles. The number of hydrogen-bond donors (Lipinski definition) is 0. The van der Waals surface area contributed by atoms with Gasteiger partial charge < -0.3 is 13.9 Å². The summed E-state index contributed by atoms with van der Waals surface area (Å²) in [6, 6.07) is 34.5. The fourth-order valence-electron chi connectivity index (χ4n) is 4.73. The van der Waals surface area contributed by atoms with Gasteiger partial charge in [-0.3, -0.25) is 0 Å². The molecule has 5 rings (SSSR count). The lowest BCUT2D eigenvalue weighted by atomic mass is 9.84. The van der Waals surface area contributed by atoms with E-state index in [0.717, 1.165) is 15.6 Å². The molecule has 1 heterocycles. The second-order valence-electron chi connectivity index (χ2n) is 10.5. The van der Waals surface area contributed by atoms with Gasteiger partial charge >= 0.3 is 0 Å². The third-order valence-electron chi connectivity index (χ3n) is 6.71. The van der Waals surface area contributed by atoms with Crippen LogP contribution in [0.1, 0.15) is 43.8 Å². The molecule has 0 saturated carbocycles. The van der Waals surface area contributed by atoms with Gasteiger partial charge in [0.25, 0.3) is 0 Å². The molecular weight excluding hydrogens is 540 g/mol. The van der Waals surface area contributed by atoms with E-state index in [-0.39, 0.29) is 11.7 Å². The molecule has 0 amide bonds. The summed E-state index contributed by atoms with van der Waals surface area (Å²) in [5.41, 5.74) is 5.84. The Morgan fingerprint density at radius 3 is 2.03 bits per heavy atom. The maximum atomic E-state index is 6.87. The van der Waals surface area contributed by atoms with Gasteiger partial charge in [-0.1, -0.05) is 116 Å². The molecule has 1 saturated heterocycles. The van der Waals surface area contributed by atoms with Crippen LogP contribution in [0.3, 0.4) is 0 Å². The Labute approximate surface area is 230 Å². The Balaban J connectivity index is 1.53. The molecule has 0 aromatic heterocycles. The molecular formula is C32H33BrO3Si. The first-order chi connectivity index (χ1) is 17.9. The maximum Gasteiger partial charge on any atom is 0.240 e. The van der Waals surface area contributed by atoms with E-state index in [2.05, 4.69) is 134 Å². The highest BCUT2D eigenvalue weighted by Crippen LogP contribution is 2.35. The molecule has 0 bridgehead atoms. The van der Waals surface area contributed by atoms with Crippen molar-refractivity contribution in [3.05, 3.63) is 118 Å². The van der Waals surface area contributed by atoms with Crippen molar-refractivity contribution in [3.63, 3.8) is 0 Å². The molecule has 0 atom stereocenters. The standard InChI is InChI=1S/C32H33BrO3Si/c1-32(2,3)26-14-15-30(23-18-24(21-27(33)20-23)31-34-16-17-35-31)25(19-26)22-36-37(28-10-6-4-7-11-28)29-12-8-5-9-13-29/h4-15,18-21,31,37H,16-17,22H2,1-3H3. The Hall–Kier alpha value is -2.54. The van der Waals surface area contributed by atoms with Crippen LogP contribution in [-0.4, -0.2) is 22.3 Å². The van der Waals surface area contributed by atoms with Crippen molar-refractivity contribution in [3.8, 4) is 11.1 Å². The molecule has 1 fully saturated rings. The largest absolute Gasteiger partial charge is 0.407 e. The molecule has 0 radical (unpaired) electrons. The van der Waals surface area contributed by atoms with Gasteiger partial charge in [0, 0.05) is 10.0 Å². The summed E-state index contributed by atoms with van der Waals surface area (Å²) in [5.74, 6) is 0. The first-order valence-electron chi connectivity index (χ1n) is 12.8. The second kappa shape index (κ2) is 11.5. The molecule has 5 heteroatoms. The number of halogens is 1. The van der Waals surface area contributed by atoms with E-state index in [1.165, 1.54) is 27.1 Å². The fraction of sp³-hybridized carbons (Fsp3) is 0.250. The van der Waals surface area contributed by atoms with Crippen molar-refractivity contribution in [1.82, 2.24) is 0 Å². The zero-order valence-electron chi connectivity index (χ0n) is 21.6. The topological polar surface area (TPSA) is 27.7 Å². The molecule has 0 spiro atoms. The van der Waals surface area contributed by atoms with Crippen LogP contribution in [0.5, 0.6) is 0 Å².